The quantitative estimate of drug-likeness (QED) is 0.0602. The fourth-order valence-electron chi connectivity index (χ4n) is 9.34. The summed E-state index contributed by atoms with van der Waals surface area (Å²) in [6.07, 6.45) is 11.6. The lowest BCUT2D eigenvalue weighted by Crippen LogP contribution is -2.74. The molecule has 5 atom stereocenters. The van der Waals surface area contributed by atoms with Gasteiger partial charge in [0.2, 0.25) is 11.6 Å². The van der Waals surface area contributed by atoms with Crippen LogP contribution < -0.4 is 4.74 Å². The van der Waals surface area contributed by atoms with E-state index >= 15 is 0 Å². The van der Waals surface area contributed by atoms with Crippen molar-refractivity contribution in [2.45, 2.75) is 157 Å². The Balaban J connectivity index is 1.73. The number of ether oxygens (including phenoxy) is 4. The fraction of sp³-hybridized carbons (Fsp3) is 0.659. The summed E-state index contributed by atoms with van der Waals surface area (Å²) in [6, 6.07) is 4.10. The lowest BCUT2D eigenvalue weighted by atomic mass is 9.44. The maximum atomic E-state index is 14.8. The number of phenols is 1. The average Bonchev–Trinajstić information content (AvgIpc) is 3.02. The first-order valence-electron chi connectivity index (χ1n) is 19.4. The summed E-state index contributed by atoms with van der Waals surface area (Å²) in [6.45, 7) is 23.2. The monoisotopic (exact) mass is 718 g/mol. The third-order valence-corrected chi connectivity index (χ3v) is 12.5. The highest BCUT2D eigenvalue weighted by atomic mass is 16.7. The first-order chi connectivity index (χ1) is 24.2. The van der Waals surface area contributed by atoms with Gasteiger partial charge in [0.05, 0.1) is 11.0 Å². The van der Waals surface area contributed by atoms with Gasteiger partial charge in [-0.3, -0.25) is 9.59 Å². The number of hydrogen-bond acceptors (Lipinski definition) is 8. The topological polar surface area (TPSA) is 108 Å². The highest BCUT2D eigenvalue weighted by Crippen LogP contribution is 2.72. The molecule has 1 aliphatic carbocycles. The zero-order chi connectivity index (χ0) is 38.4. The lowest BCUT2D eigenvalue weighted by Gasteiger charge is -2.70. The second-order valence-electron chi connectivity index (χ2n) is 18.1. The van der Waals surface area contributed by atoms with Crippen molar-refractivity contribution >= 4 is 17.7 Å². The Labute approximate surface area is 311 Å². The first kappa shape index (κ1) is 39.8. The van der Waals surface area contributed by atoms with Gasteiger partial charge in [-0.25, -0.2) is 4.79 Å². The van der Waals surface area contributed by atoms with Gasteiger partial charge < -0.3 is 24.1 Å². The predicted molar refractivity (Wildman–Crippen MR) is 202 cm³/mol. The van der Waals surface area contributed by atoms with E-state index in [4.69, 9.17) is 18.9 Å². The molecule has 0 aromatic heterocycles. The molecule has 0 bridgehead atoms. The number of rotatable bonds is 11. The molecule has 0 unspecified atom stereocenters. The largest absolute Gasteiger partial charge is 0.504 e. The summed E-state index contributed by atoms with van der Waals surface area (Å²) in [4.78, 5) is 42.1. The number of carbonyl (C=O) groups excluding carboxylic acids is 3. The van der Waals surface area contributed by atoms with Crippen LogP contribution >= 0.6 is 0 Å². The van der Waals surface area contributed by atoms with E-state index in [1.165, 1.54) is 29.3 Å². The molecule has 1 aromatic rings. The van der Waals surface area contributed by atoms with Crippen LogP contribution in [0.5, 0.6) is 11.5 Å². The van der Waals surface area contributed by atoms with Crippen molar-refractivity contribution in [3.63, 3.8) is 0 Å². The number of unbranched alkanes of at least 4 members (excludes halogenated alkanes) is 2. The molecule has 52 heavy (non-hydrogen) atoms. The minimum absolute atomic E-state index is 0.0307. The highest BCUT2D eigenvalue weighted by molar-refractivity contribution is 6.25. The molecule has 3 heterocycles. The van der Waals surface area contributed by atoms with Gasteiger partial charge >= 0.3 is 11.9 Å². The van der Waals surface area contributed by atoms with Gasteiger partial charge in [0.1, 0.15) is 16.9 Å². The number of esters is 2. The van der Waals surface area contributed by atoms with E-state index in [0.717, 1.165) is 38.5 Å². The van der Waals surface area contributed by atoms with Crippen LogP contribution in [0.25, 0.3) is 0 Å². The number of phenolic OH excluding ortho intramolecular Hbond substituents is 1. The molecule has 8 nitrogen and oxygen atoms in total. The number of aromatic hydroxyl groups is 1. The molecule has 2 saturated heterocycles. The maximum Gasteiger partial charge on any atom is 0.348 e. The summed E-state index contributed by atoms with van der Waals surface area (Å²) in [5.74, 6) is -3.23. The van der Waals surface area contributed by atoms with Crippen LogP contribution in [0.2, 0.25) is 0 Å². The third kappa shape index (κ3) is 7.25. The van der Waals surface area contributed by atoms with Gasteiger partial charge in [0.25, 0.3) is 0 Å². The Morgan fingerprint density at radius 1 is 0.923 bits per heavy atom. The molecule has 0 amide bonds. The Kier molecular flexibility index (Phi) is 11.1. The van der Waals surface area contributed by atoms with E-state index in [9.17, 15) is 19.5 Å². The van der Waals surface area contributed by atoms with Crippen LogP contribution in [0.1, 0.15) is 151 Å². The molecule has 4 aliphatic rings. The second kappa shape index (κ2) is 14.4. The number of Topliss-reactive ketones (excluding diaryl/α,β-unsaturated/α-hetero) is 1. The van der Waals surface area contributed by atoms with Crippen molar-refractivity contribution in [3.8, 4) is 11.5 Å². The summed E-state index contributed by atoms with van der Waals surface area (Å²) in [7, 11) is 0. The van der Waals surface area contributed by atoms with Crippen molar-refractivity contribution < 1.29 is 38.4 Å². The van der Waals surface area contributed by atoms with E-state index in [2.05, 4.69) is 67.5 Å². The minimum Gasteiger partial charge on any atom is -0.504 e. The molecule has 3 aliphatic heterocycles. The minimum atomic E-state index is -1.36. The van der Waals surface area contributed by atoms with Crippen molar-refractivity contribution in [2.75, 3.05) is 0 Å². The number of carbonyl (C=O) groups is 3. The highest BCUT2D eigenvalue weighted by Gasteiger charge is 2.77. The van der Waals surface area contributed by atoms with Crippen molar-refractivity contribution in [1.29, 1.82) is 0 Å². The number of ketones is 1. The van der Waals surface area contributed by atoms with Crippen LogP contribution in [-0.2, 0) is 23.8 Å². The molecular weight excluding hydrogens is 656 g/mol. The van der Waals surface area contributed by atoms with Gasteiger partial charge in [0, 0.05) is 23.8 Å². The summed E-state index contributed by atoms with van der Waals surface area (Å²) >= 11 is 0. The summed E-state index contributed by atoms with van der Waals surface area (Å²) < 4.78 is 26.6. The Morgan fingerprint density at radius 2 is 1.56 bits per heavy atom. The molecule has 0 radical (unpaired) electrons. The summed E-state index contributed by atoms with van der Waals surface area (Å²) in [5, 5.41) is 10.6. The molecular formula is C44H62O8. The molecule has 8 heteroatoms. The van der Waals surface area contributed by atoms with E-state index in [1.54, 1.807) is 0 Å². The lowest BCUT2D eigenvalue weighted by molar-refractivity contribution is -0.407. The Bertz CT molecular complexity index is 1660. The van der Waals surface area contributed by atoms with Gasteiger partial charge in [-0.2, -0.15) is 0 Å². The van der Waals surface area contributed by atoms with Crippen LogP contribution in [0.15, 0.2) is 52.8 Å². The first-order valence-corrected chi connectivity index (χ1v) is 19.4. The number of benzene rings is 1. The van der Waals surface area contributed by atoms with Crippen LogP contribution in [0, 0.1) is 28.6 Å². The standard InChI is InChI=1S/C44H62O8/c1-12-13-14-15-35(46)49-33-24-29(18-21-32(33)45)37(47)36-38-43(26-31(20-17-28(4)5)42(10,11)50-38)25-30(19-16-27(2)3)41(8,9)34-22-23-40(6,7)52-44(34,43)51-39(36)48/h16-18,21,24,30-31,34,45H,12-15,19-20,22-23,25-26H2,1-11H3/t30-,31+,34-,43+,44-/m1/s1. The maximum absolute atomic E-state index is 14.8. The smallest absolute Gasteiger partial charge is 0.348 e. The Hall–Kier alpha value is -3.39. The molecule has 3 fully saturated rings. The third-order valence-electron chi connectivity index (χ3n) is 12.5. The SMILES string of the molecule is CCCCCC(=O)Oc1cc(C(=O)C2=C3OC(C)(C)[C@@H](CC=C(C)C)C[C@@]34C[C@@H](CC=C(C)C)C(C)(C)[C@H]3CCC(C)(C)O[C@]34OC2=O)ccc1O. The van der Waals surface area contributed by atoms with E-state index < -0.39 is 40.1 Å². The normalized spacial score (nSPS) is 29.7. The van der Waals surface area contributed by atoms with E-state index in [-0.39, 0.29) is 52.2 Å². The Morgan fingerprint density at radius 3 is 2.19 bits per heavy atom. The van der Waals surface area contributed by atoms with Crippen molar-refractivity contribution in [1.82, 2.24) is 0 Å². The van der Waals surface area contributed by atoms with Crippen molar-refractivity contribution in [2.24, 2.45) is 28.6 Å². The zero-order valence-electron chi connectivity index (χ0n) is 33.5. The van der Waals surface area contributed by atoms with E-state index in [1.807, 2.05) is 20.8 Å². The fourth-order valence-corrected chi connectivity index (χ4v) is 9.34. The van der Waals surface area contributed by atoms with Crippen molar-refractivity contribution in [3.05, 3.63) is 58.4 Å². The number of allylic oxidation sites excluding steroid dienone is 4. The second-order valence-corrected chi connectivity index (χ2v) is 18.1. The average molecular weight is 719 g/mol. The summed E-state index contributed by atoms with van der Waals surface area (Å²) in [5.41, 5.74) is -0.154. The van der Waals surface area contributed by atoms with E-state index in [0.29, 0.717) is 25.0 Å². The zero-order valence-corrected chi connectivity index (χ0v) is 33.5. The predicted octanol–water partition coefficient (Wildman–Crippen LogP) is 10.3. The van der Waals surface area contributed by atoms with Gasteiger partial charge in [-0.05, 0) is 130 Å². The molecule has 2 spiro atoms. The molecule has 1 saturated carbocycles. The van der Waals surface area contributed by atoms with Crippen LogP contribution in [0.3, 0.4) is 0 Å². The van der Waals surface area contributed by atoms with Crippen LogP contribution in [-0.4, -0.2) is 39.8 Å². The van der Waals surface area contributed by atoms with Gasteiger partial charge in [-0.1, -0.05) is 56.9 Å². The molecule has 5 rings (SSSR count). The van der Waals surface area contributed by atoms with Gasteiger partial charge in [-0.15, -0.1) is 0 Å². The molecule has 1 aromatic carbocycles. The number of hydrogen-bond donors (Lipinski definition) is 1. The van der Waals surface area contributed by atoms with Crippen LogP contribution in [0.4, 0.5) is 0 Å². The molecule has 1 N–H and O–H groups in total. The van der Waals surface area contributed by atoms with Gasteiger partial charge in [0.15, 0.2) is 11.5 Å². The molecule has 286 valence electrons.